The SMILES string of the molecule is CCCCCCCCNCc1cc(OC)c(OCCC)cc1Cl. The van der Waals surface area contributed by atoms with Crippen LogP contribution >= 0.6 is 11.6 Å². The molecule has 0 saturated heterocycles. The molecule has 0 amide bonds. The van der Waals surface area contributed by atoms with Gasteiger partial charge in [-0.1, -0.05) is 57.6 Å². The summed E-state index contributed by atoms with van der Waals surface area (Å²) in [5.41, 5.74) is 1.05. The summed E-state index contributed by atoms with van der Waals surface area (Å²) in [6.45, 7) is 6.78. The lowest BCUT2D eigenvalue weighted by atomic mass is 10.1. The molecule has 0 aliphatic rings. The highest BCUT2D eigenvalue weighted by atomic mass is 35.5. The Labute approximate surface area is 146 Å². The minimum absolute atomic E-state index is 0.669. The maximum absolute atomic E-state index is 6.36. The van der Waals surface area contributed by atoms with Gasteiger partial charge in [0.05, 0.1) is 13.7 Å². The molecule has 1 aromatic rings. The van der Waals surface area contributed by atoms with Crippen LogP contribution in [0.3, 0.4) is 0 Å². The van der Waals surface area contributed by atoms with E-state index in [-0.39, 0.29) is 0 Å². The molecular formula is C19H32ClNO2. The maximum Gasteiger partial charge on any atom is 0.162 e. The smallest absolute Gasteiger partial charge is 0.162 e. The van der Waals surface area contributed by atoms with Crippen molar-refractivity contribution in [3.05, 3.63) is 22.7 Å². The molecule has 0 radical (unpaired) electrons. The molecule has 23 heavy (non-hydrogen) atoms. The Morgan fingerprint density at radius 1 is 0.957 bits per heavy atom. The van der Waals surface area contributed by atoms with Gasteiger partial charge < -0.3 is 14.8 Å². The monoisotopic (exact) mass is 341 g/mol. The number of hydrogen-bond acceptors (Lipinski definition) is 3. The normalized spacial score (nSPS) is 10.8. The molecule has 1 aromatic carbocycles. The van der Waals surface area contributed by atoms with E-state index in [0.29, 0.717) is 6.61 Å². The van der Waals surface area contributed by atoms with Crippen LogP contribution in [-0.4, -0.2) is 20.3 Å². The Morgan fingerprint density at radius 2 is 1.70 bits per heavy atom. The number of unbranched alkanes of at least 4 members (excludes halogenated alkanes) is 5. The predicted molar refractivity (Wildman–Crippen MR) is 98.9 cm³/mol. The summed E-state index contributed by atoms with van der Waals surface area (Å²) in [4.78, 5) is 0. The first kappa shape index (κ1) is 20.1. The number of methoxy groups -OCH3 is 1. The topological polar surface area (TPSA) is 30.5 Å². The van der Waals surface area contributed by atoms with Gasteiger partial charge in [0.15, 0.2) is 11.5 Å². The highest BCUT2D eigenvalue weighted by Gasteiger charge is 2.10. The standard InChI is InChI=1S/C19H32ClNO2/c1-4-6-7-8-9-10-11-21-15-16-13-18(22-3)19(14-17(16)20)23-12-5-2/h13-14,21H,4-12,15H2,1-3H3. The van der Waals surface area contributed by atoms with E-state index in [0.717, 1.165) is 41.6 Å². The first-order chi connectivity index (χ1) is 11.2. The minimum atomic E-state index is 0.669. The van der Waals surface area contributed by atoms with E-state index in [1.807, 2.05) is 12.1 Å². The summed E-state index contributed by atoms with van der Waals surface area (Å²) in [5, 5.41) is 4.20. The van der Waals surface area contributed by atoms with Crippen LogP contribution in [-0.2, 0) is 6.54 Å². The van der Waals surface area contributed by atoms with Gasteiger partial charge in [0.25, 0.3) is 0 Å². The lowest BCUT2D eigenvalue weighted by Gasteiger charge is -2.14. The molecule has 4 heteroatoms. The average molecular weight is 342 g/mol. The summed E-state index contributed by atoms with van der Waals surface area (Å²) >= 11 is 6.36. The van der Waals surface area contributed by atoms with Crippen molar-refractivity contribution >= 4 is 11.6 Å². The Balaban J connectivity index is 2.38. The van der Waals surface area contributed by atoms with E-state index >= 15 is 0 Å². The van der Waals surface area contributed by atoms with Crippen LogP contribution in [0, 0.1) is 0 Å². The van der Waals surface area contributed by atoms with Gasteiger partial charge in [0.2, 0.25) is 0 Å². The fourth-order valence-corrected chi connectivity index (χ4v) is 2.67. The first-order valence-electron chi connectivity index (χ1n) is 8.92. The fraction of sp³-hybridized carbons (Fsp3) is 0.684. The van der Waals surface area contributed by atoms with Crippen LogP contribution in [0.2, 0.25) is 5.02 Å². The van der Waals surface area contributed by atoms with Crippen LogP contribution < -0.4 is 14.8 Å². The molecule has 0 saturated carbocycles. The van der Waals surface area contributed by atoms with Gasteiger partial charge in [-0.3, -0.25) is 0 Å². The molecule has 3 nitrogen and oxygen atoms in total. The average Bonchev–Trinajstić information content (AvgIpc) is 2.56. The lowest BCUT2D eigenvalue weighted by Crippen LogP contribution is -2.15. The second-order valence-corrected chi connectivity index (χ2v) is 6.29. The largest absolute Gasteiger partial charge is 0.493 e. The van der Waals surface area contributed by atoms with E-state index in [9.17, 15) is 0 Å². The molecule has 0 aliphatic carbocycles. The minimum Gasteiger partial charge on any atom is -0.493 e. The summed E-state index contributed by atoms with van der Waals surface area (Å²) < 4.78 is 11.1. The van der Waals surface area contributed by atoms with Crippen molar-refractivity contribution in [2.24, 2.45) is 0 Å². The van der Waals surface area contributed by atoms with Crippen molar-refractivity contribution in [3.63, 3.8) is 0 Å². The van der Waals surface area contributed by atoms with Crippen LogP contribution in [0.1, 0.15) is 64.4 Å². The van der Waals surface area contributed by atoms with Gasteiger partial charge in [-0.15, -0.1) is 0 Å². The molecule has 132 valence electrons. The zero-order chi connectivity index (χ0) is 16.9. The third-order valence-corrected chi connectivity index (χ3v) is 4.17. The molecule has 0 atom stereocenters. The first-order valence-corrected chi connectivity index (χ1v) is 9.30. The highest BCUT2D eigenvalue weighted by Crippen LogP contribution is 2.33. The molecule has 0 fully saturated rings. The van der Waals surface area contributed by atoms with Gasteiger partial charge in [0, 0.05) is 17.6 Å². The van der Waals surface area contributed by atoms with E-state index in [4.69, 9.17) is 21.1 Å². The Hall–Kier alpha value is -0.930. The van der Waals surface area contributed by atoms with E-state index in [1.54, 1.807) is 7.11 Å². The molecule has 0 unspecified atom stereocenters. The summed E-state index contributed by atoms with van der Waals surface area (Å²) in [6.07, 6.45) is 8.84. The van der Waals surface area contributed by atoms with Crippen LogP contribution in [0.25, 0.3) is 0 Å². The number of rotatable bonds is 13. The number of halogens is 1. The van der Waals surface area contributed by atoms with Crippen molar-refractivity contribution in [3.8, 4) is 11.5 Å². The molecule has 0 aliphatic heterocycles. The van der Waals surface area contributed by atoms with Gasteiger partial charge in [-0.05, 0) is 31.0 Å². The number of hydrogen-bond donors (Lipinski definition) is 1. The van der Waals surface area contributed by atoms with Gasteiger partial charge in [-0.2, -0.15) is 0 Å². The Morgan fingerprint density at radius 3 is 2.39 bits per heavy atom. The van der Waals surface area contributed by atoms with Crippen molar-refractivity contribution in [1.82, 2.24) is 5.32 Å². The molecule has 0 bridgehead atoms. The third-order valence-electron chi connectivity index (χ3n) is 3.82. The van der Waals surface area contributed by atoms with Crippen molar-refractivity contribution in [2.75, 3.05) is 20.3 Å². The molecule has 1 N–H and O–H groups in total. The van der Waals surface area contributed by atoms with Crippen LogP contribution in [0.5, 0.6) is 11.5 Å². The second kappa shape index (κ2) is 12.5. The number of ether oxygens (including phenoxy) is 2. The predicted octanol–water partition coefficient (Wildman–Crippen LogP) is 5.59. The van der Waals surface area contributed by atoms with E-state index in [1.165, 1.54) is 38.5 Å². The summed E-state index contributed by atoms with van der Waals surface area (Å²) in [6, 6.07) is 3.83. The third kappa shape index (κ3) is 7.94. The van der Waals surface area contributed by atoms with Crippen molar-refractivity contribution in [1.29, 1.82) is 0 Å². The lowest BCUT2D eigenvalue weighted by molar-refractivity contribution is 0.294. The van der Waals surface area contributed by atoms with Crippen molar-refractivity contribution in [2.45, 2.75) is 65.3 Å². The molecule has 1 rings (SSSR count). The molecule has 0 spiro atoms. The van der Waals surface area contributed by atoms with E-state index in [2.05, 4.69) is 19.2 Å². The maximum atomic E-state index is 6.36. The highest BCUT2D eigenvalue weighted by molar-refractivity contribution is 6.31. The molecule has 0 heterocycles. The summed E-state index contributed by atoms with van der Waals surface area (Å²) in [5.74, 6) is 1.47. The fourth-order valence-electron chi connectivity index (χ4n) is 2.45. The van der Waals surface area contributed by atoms with Crippen LogP contribution in [0.15, 0.2) is 12.1 Å². The Kier molecular flexibility index (Phi) is 10.9. The summed E-state index contributed by atoms with van der Waals surface area (Å²) in [7, 11) is 1.66. The van der Waals surface area contributed by atoms with Gasteiger partial charge in [0.1, 0.15) is 0 Å². The van der Waals surface area contributed by atoms with E-state index < -0.39 is 0 Å². The van der Waals surface area contributed by atoms with Crippen LogP contribution in [0.4, 0.5) is 0 Å². The van der Waals surface area contributed by atoms with Crippen molar-refractivity contribution < 1.29 is 9.47 Å². The Bertz CT molecular complexity index is 438. The van der Waals surface area contributed by atoms with Gasteiger partial charge in [-0.25, -0.2) is 0 Å². The van der Waals surface area contributed by atoms with Gasteiger partial charge >= 0.3 is 0 Å². The zero-order valence-electron chi connectivity index (χ0n) is 14.9. The zero-order valence-corrected chi connectivity index (χ0v) is 15.7. The second-order valence-electron chi connectivity index (χ2n) is 5.89. The number of benzene rings is 1. The molecular weight excluding hydrogens is 310 g/mol. The quantitative estimate of drug-likeness (QED) is 0.474. The molecule has 0 aromatic heterocycles. The number of nitrogens with one attached hydrogen (secondary N) is 1.